The van der Waals surface area contributed by atoms with Crippen LogP contribution in [0.3, 0.4) is 0 Å². The van der Waals surface area contributed by atoms with E-state index in [1.165, 1.54) is 7.11 Å². The number of benzene rings is 1. The lowest BCUT2D eigenvalue weighted by molar-refractivity contribution is -0.150. The molecule has 0 aliphatic carbocycles. The Balaban J connectivity index is 3.30. The average molecular weight is 238 g/mol. The van der Waals surface area contributed by atoms with Crippen LogP contribution in [0.15, 0.2) is 18.2 Å². The molecule has 0 heterocycles. The zero-order valence-electron chi connectivity index (χ0n) is 10.5. The molecule has 1 unspecified atom stereocenters. The molecule has 1 atom stereocenters. The fourth-order valence-electron chi connectivity index (χ4n) is 1.78. The van der Waals surface area contributed by atoms with Gasteiger partial charge in [0.25, 0.3) is 0 Å². The number of methoxy groups -OCH3 is 1. The van der Waals surface area contributed by atoms with E-state index in [1.54, 1.807) is 19.9 Å². The van der Waals surface area contributed by atoms with Crippen LogP contribution in [0.2, 0.25) is 0 Å². The maximum atomic E-state index is 10.9. The number of ether oxygens (including phenoxy) is 1. The number of rotatable bonds is 4. The molecule has 0 saturated carbocycles. The van der Waals surface area contributed by atoms with Gasteiger partial charge in [0.1, 0.15) is 5.75 Å². The molecule has 1 aromatic carbocycles. The summed E-state index contributed by atoms with van der Waals surface area (Å²) in [6.45, 7) is 5.28. The normalized spacial score (nSPS) is 13.2. The fourth-order valence-corrected chi connectivity index (χ4v) is 1.78. The van der Waals surface area contributed by atoms with Crippen molar-refractivity contribution in [3.63, 3.8) is 0 Å². The number of aliphatic carboxylic acids is 1. The van der Waals surface area contributed by atoms with Crippen molar-refractivity contribution in [3.05, 3.63) is 29.3 Å². The van der Waals surface area contributed by atoms with Gasteiger partial charge in [0.2, 0.25) is 0 Å². The van der Waals surface area contributed by atoms with Crippen molar-refractivity contribution < 1.29 is 19.7 Å². The van der Waals surface area contributed by atoms with Crippen molar-refractivity contribution in [1.29, 1.82) is 0 Å². The maximum absolute atomic E-state index is 10.9. The highest BCUT2D eigenvalue weighted by atomic mass is 16.5. The van der Waals surface area contributed by atoms with E-state index in [-0.39, 0.29) is 0 Å². The zero-order valence-corrected chi connectivity index (χ0v) is 10.5. The molecule has 0 saturated heterocycles. The standard InChI is InChI=1S/C13H18O4/c1-8-5-6-10(17-4)9(7-8)13(2,3)11(14)12(15)16/h5-7,11,14H,1-4H3,(H,15,16). The molecule has 0 aromatic heterocycles. The summed E-state index contributed by atoms with van der Waals surface area (Å²) in [5, 5.41) is 18.7. The Hall–Kier alpha value is -1.55. The second-order valence-electron chi connectivity index (χ2n) is 4.67. The minimum atomic E-state index is -1.47. The Morgan fingerprint density at radius 2 is 2.00 bits per heavy atom. The predicted octanol–water partition coefficient (Wildman–Crippen LogP) is 1.73. The molecular weight excluding hydrogens is 220 g/mol. The third-order valence-corrected chi connectivity index (χ3v) is 2.97. The number of aliphatic hydroxyl groups excluding tert-OH is 1. The van der Waals surface area contributed by atoms with Crippen LogP contribution in [0.25, 0.3) is 0 Å². The van der Waals surface area contributed by atoms with E-state index < -0.39 is 17.5 Å². The van der Waals surface area contributed by atoms with Crippen LogP contribution < -0.4 is 4.74 Å². The number of aryl methyl sites for hydroxylation is 1. The Bertz CT molecular complexity index is 423. The van der Waals surface area contributed by atoms with Crippen LogP contribution in [0.5, 0.6) is 5.75 Å². The number of aliphatic hydroxyl groups is 1. The first-order valence-electron chi connectivity index (χ1n) is 5.36. The highest BCUT2D eigenvalue weighted by molar-refractivity contribution is 5.74. The largest absolute Gasteiger partial charge is 0.496 e. The van der Waals surface area contributed by atoms with Gasteiger partial charge in [0.15, 0.2) is 6.10 Å². The van der Waals surface area contributed by atoms with Gasteiger partial charge in [0.05, 0.1) is 7.11 Å². The summed E-state index contributed by atoms with van der Waals surface area (Å²) in [7, 11) is 1.53. The van der Waals surface area contributed by atoms with E-state index in [2.05, 4.69) is 0 Å². The summed E-state index contributed by atoms with van der Waals surface area (Å²) in [4.78, 5) is 10.9. The zero-order chi connectivity index (χ0) is 13.2. The van der Waals surface area contributed by atoms with E-state index in [0.717, 1.165) is 5.56 Å². The molecule has 0 bridgehead atoms. The monoisotopic (exact) mass is 238 g/mol. The SMILES string of the molecule is COc1ccc(C)cc1C(C)(C)C(O)C(=O)O. The summed E-state index contributed by atoms with van der Waals surface area (Å²) in [5.41, 5.74) is 0.768. The lowest BCUT2D eigenvalue weighted by Crippen LogP contribution is -2.40. The van der Waals surface area contributed by atoms with Crippen molar-refractivity contribution in [2.24, 2.45) is 0 Å². The maximum Gasteiger partial charge on any atom is 0.333 e. The van der Waals surface area contributed by atoms with Crippen LogP contribution in [0.4, 0.5) is 0 Å². The van der Waals surface area contributed by atoms with E-state index in [0.29, 0.717) is 11.3 Å². The molecule has 94 valence electrons. The Morgan fingerprint density at radius 3 is 2.47 bits per heavy atom. The molecule has 0 aliphatic rings. The van der Waals surface area contributed by atoms with E-state index in [1.807, 2.05) is 19.1 Å². The smallest absolute Gasteiger partial charge is 0.333 e. The molecule has 0 spiro atoms. The highest BCUT2D eigenvalue weighted by Gasteiger charge is 2.37. The Labute approximate surface area is 101 Å². The van der Waals surface area contributed by atoms with Crippen molar-refractivity contribution in [2.45, 2.75) is 32.3 Å². The number of hydrogen-bond donors (Lipinski definition) is 2. The summed E-state index contributed by atoms with van der Waals surface area (Å²) in [6, 6.07) is 5.50. The second-order valence-corrected chi connectivity index (χ2v) is 4.67. The molecular formula is C13H18O4. The van der Waals surface area contributed by atoms with E-state index >= 15 is 0 Å². The van der Waals surface area contributed by atoms with Crippen LogP contribution in [-0.2, 0) is 10.2 Å². The van der Waals surface area contributed by atoms with Gasteiger partial charge in [-0.15, -0.1) is 0 Å². The highest BCUT2D eigenvalue weighted by Crippen LogP contribution is 2.35. The van der Waals surface area contributed by atoms with Crippen molar-refractivity contribution >= 4 is 5.97 Å². The van der Waals surface area contributed by atoms with Gasteiger partial charge in [-0.2, -0.15) is 0 Å². The summed E-state index contributed by atoms with van der Waals surface area (Å²) in [5.74, 6) is -0.653. The number of carboxylic acids is 1. The van der Waals surface area contributed by atoms with Crippen LogP contribution >= 0.6 is 0 Å². The summed E-state index contributed by atoms with van der Waals surface area (Å²) in [6.07, 6.45) is -1.47. The minimum Gasteiger partial charge on any atom is -0.496 e. The van der Waals surface area contributed by atoms with Crippen molar-refractivity contribution in [2.75, 3.05) is 7.11 Å². The average Bonchev–Trinajstić information content (AvgIpc) is 2.27. The van der Waals surface area contributed by atoms with Crippen molar-refractivity contribution in [1.82, 2.24) is 0 Å². The molecule has 17 heavy (non-hydrogen) atoms. The van der Waals surface area contributed by atoms with Crippen LogP contribution in [-0.4, -0.2) is 29.4 Å². The van der Waals surface area contributed by atoms with Gasteiger partial charge in [-0.1, -0.05) is 31.5 Å². The molecule has 4 nitrogen and oxygen atoms in total. The molecule has 0 radical (unpaired) electrons. The summed E-state index contributed by atoms with van der Waals surface area (Å²) < 4.78 is 5.21. The number of carbonyl (C=O) groups is 1. The topological polar surface area (TPSA) is 66.8 Å². The second kappa shape index (κ2) is 4.75. The van der Waals surface area contributed by atoms with Crippen molar-refractivity contribution in [3.8, 4) is 5.75 Å². The van der Waals surface area contributed by atoms with Gasteiger partial charge in [0, 0.05) is 11.0 Å². The van der Waals surface area contributed by atoms with E-state index in [4.69, 9.17) is 9.84 Å². The lowest BCUT2D eigenvalue weighted by atomic mass is 9.78. The first-order chi connectivity index (χ1) is 7.80. The van der Waals surface area contributed by atoms with Crippen LogP contribution in [0, 0.1) is 6.92 Å². The number of hydrogen-bond acceptors (Lipinski definition) is 3. The molecule has 0 amide bonds. The molecule has 2 N–H and O–H groups in total. The molecule has 1 rings (SSSR count). The fraction of sp³-hybridized carbons (Fsp3) is 0.462. The number of carboxylic acid groups (broad SMARTS) is 1. The first-order valence-corrected chi connectivity index (χ1v) is 5.36. The Morgan fingerprint density at radius 1 is 1.41 bits per heavy atom. The van der Waals surface area contributed by atoms with Crippen LogP contribution in [0.1, 0.15) is 25.0 Å². The van der Waals surface area contributed by atoms with Gasteiger partial charge >= 0.3 is 5.97 Å². The third kappa shape index (κ3) is 2.58. The quantitative estimate of drug-likeness (QED) is 0.838. The first kappa shape index (κ1) is 13.5. The van der Waals surface area contributed by atoms with Gasteiger partial charge < -0.3 is 14.9 Å². The van der Waals surface area contributed by atoms with Gasteiger partial charge in [-0.25, -0.2) is 4.79 Å². The molecule has 0 aliphatic heterocycles. The molecule has 4 heteroatoms. The summed E-state index contributed by atoms with van der Waals surface area (Å²) >= 11 is 0. The third-order valence-electron chi connectivity index (χ3n) is 2.97. The van der Waals surface area contributed by atoms with Gasteiger partial charge in [-0.3, -0.25) is 0 Å². The van der Waals surface area contributed by atoms with E-state index in [9.17, 15) is 9.90 Å². The Kier molecular flexibility index (Phi) is 3.78. The molecule has 0 fully saturated rings. The molecule has 1 aromatic rings. The minimum absolute atomic E-state index is 0.584. The predicted molar refractivity (Wildman–Crippen MR) is 64.4 cm³/mol. The van der Waals surface area contributed by atoms with Gasteiger partial charge in [-0.05, 0) is 13.0 Å². The lowest BCUT2D eigenvalue weighted by Gasteiger charge is -2.30.